The van der Waals surface area contributed by atoms with Crippen LogP contribution < -0.4 is 4.90 Å². The van der Waals surface area contributed by atoms with Crippen LogP contribution in [0.4, 0.5) is 9.52 Å². The molecule has 1 aliphatic rings. The van der Waals surface area contributed by atoms with Crippen molar-refractivity contribution < 1.29 is 8.91 Å². The standard InChI is InChI=1S/C18H20FN5OS/c1-12-3-4-14(11-15(12)19)16-21-17(25-22-16)13(2)23-6-8-24(9-7-23)18-20-5-10-26-18/h3-5,10-11,13H,6-9H2,1-2H3. The number of benzene rings is 1. The quantitative estimate of drug-likeness (QED) is 0.697. The first-order chi connectivity index (χ1) is 12.6. The molecule has 0 saturated carbocycles. The SMILES string of the molecule is Cc1ccc(-c2noc(C(C)N3CCN(c4nccs4)CC3)n2)cc1F. The van der Waals surface area contributed by atoms with Crippen molar-refractivity contribution in [2.75, 3.05) is 31.1 Å². The predicted octanol–water partition coefficient (Wildman–Crippen LogP) is 3.52. The highest BCUT2D eigenvalue weighted by Crippen LogP contribution is 2.26. The molecule has 0 bridgehead atoms. The van der Waals surface area contributed by atoms with Gasteiger partial charge in [-0.3, -0.25) is 4.90 Å². The molecule has 3 heterocycles. The van der Waals surface area contributed by atoms with Gasteiger partial charge in [0.2, 0.25) is 11.7 Å². The molecule has 0 radical (unpaired) electrons. The zero-order chi connectivity index (χ0) is 18.1. The van der Waals surface area contributed by atoms with Gasteiger partial charge in [0.05, 0.1) is 6.04 Å². The van der Waals surface area contributed by atoms with Crippen LogP contribution in [0.5, 0.6) is 0 Å². The molecule has 4 rings (SSSR count). The van der Waals surface area contributed by atoms with Gasteiger partial charge in [0, 0.05) is 43.3 Å². The van der Waals surface area contributed by atoms with Crippen LogP contribution >= 0.6 is 11.3 Å². The Morgan fingerprint density at radius 3 is 2.73 bits per heavy atom. The minimum atomic E-state index is -0.264. The molecule has 1 saturated heterocycles. The number of halogens is 1. The van der Waals surface area contributed by atoms with Crippen molar-refractivity contribution in [1.29, 1.82) is 0 Å². The van der Waals surface area contributed by atoms with E-state index >= 15 is 0 Å². The second kappa shape index (κ2) is 7.13. The Hall–Kier alpha value is -2.32. The summed E-state index contributed by atoms with van der Waals surface area (Å²) in [5.41, 5.74) is 1.23. The van der Waals surface area contributed by atoms with Gasteiger partial charge in [0.15, 0.2) is 5.13 Å². The molecule has 0 aliphatic carbocycles. The number of rotatable bonds is 4. The monoisotopic (exact) mass is 373 g/mol. The molecule has 0 spiro atoms. The highest BCUT2D eigenvalue weighted by Gasteiger charge is 2.26. The molecule has 26 heavy (non-hydrogen) atoms. The van der Waals surface area contributed by atoms with Gasteiger partial charge in [-0.05, 0) is 25.5 Å². The number of hydrogen-bond acceptors (Lipinski definition) is 7. The van der Waals surface area contributed by atoms with Gasteiger partial charge in [-0.25, -0.2) is 9.37 Å². The lowest BCUT2D eigenvalue weighted by Gasteiger charge is -2.36. The molecule has 3 aromatic rings. The van der Waals surface area contributed by atoms with Gasteiger partial charge in [0.25, 0.3) is 0 Å². The Morgan fingerprint density at radius 1 is 1.23 bits per heavy atom. The van der Waals surface area contributed by atoms with E-state index in [0.29, 0.717) is 22.8 Å². The first kappa shape index (κ1) is 17.1. The molecular formula is C18H20FN5OS. The molecule has 2 aromatic heterocycles. The van der Waals surface area contributed by atoms with Crippen LogP contribution in [-0.2, 0) is 0 Å². The van der Waals surface area contributed by atoms with E-state index < -0.39 is 0 Å². The molecule has 136 valence electrons. The molecule has 1 aliphatic heterocycles. The topological polar surface area (TPSA) is 58.3 Å². The molecule has 1 atom stereocenters. The third-order valence-corrected chi connectivity index (χ3v) is 5.61. The average Bonchev–Trinajstić information content (AvgIpc) is 3.36. The van der Waals surface area contributed by atoms with E-state index in [9.17, 15) is 4.39 Å². The first-order valence-corrected chi connectivity index (χ1v) is 9.48. The number of aryl methyl sites for hydroxylation is 1. The molecule has 0 amide bonds. The Balaban J connectivity index is 1.43. The Labute approximate surface area is 155 Å². The molecular weight excluding hydrogens is 353 g/mol. The van der Waals surface area contributed by atoms with Gasteiger partial charge < -0.3 is 9.42 Å². The van der Waals surface area contributed by atoms with Crippen LogP contribution in [0.1, 0.15) is 24.4 Å². The average molecular weight is 373 g/mol. The number of anilines is 1. The van der Waals surface area contributed by atoms with Crippen molar-refractivity contribution in [2.45, 2.75) is 19.9 Å². The van der Waals surface area contributed by atoms with Crippen molar-refractivity contribution in [3.63, 3.8) is 0 Å². The van der Waals surface area contributed by atoms with E-state index in [-0.39, 0.29) is 11.9 Å². The number of piperazine rings is 1. The molecule has 6 nitrogen and oxygen atoms in total. The van der Waals surface area contributed by atoms with Gasteiger partial charge in [0.1, 0.15) is 5.82 Å². The van der Waals surface area contributed by atoms with Gasteiger partial charge in [-0.1, -0.05) is 17.3 Å². The van der Waals surface area contributed by atoms with Crippen LogP contribution in [0, 0.1) is 12.7 Å². The van der Waals surface area contributed by atoms with Crippen molar-refractivity contribution in [2.24, 2.45) is 0 Å². The van der Waals surface area contributed by atoms with Crippen LogP contribution in [0.25, 0.3) is 11.4 Å². The number of thiazole rings is 1. The van der Waals surface area contributed by atoms with Crippen molar-refractivity contribution in [3.8, 4) is 11.4 Å². The minimum Gasteiger partial charge on any atom is -0.346 e. The van der Waals surface area contributed by atoms with Crippen LogP contribution in [-0.4, -0.2) is 46.2 Å². The minimum absolute atomic E-state index is 0.0185. The van der Waals surface area contributed by atoms with Crippen LogP contribution in [0.2, 0.25) is 0 Å². The Bertz CT molecular complexity index is 874. The fourth-order valence-electron chi connectivity index (χ4n) is 3.08. The van der Waals surface area contributed by atoms with Crippen LogP contribution in [0.15, 0.2) is 34.3 Å². The zero-order valence-electron chi connectivity index (χ0n) is 14.7. The van der Waals surface area contributed by atoms with Gasteiger partial charge in [-0.15, -0.1) is 11.3 Å². The summed E-state index contributed by atoms with van der Waals surface area (Å²) in [5, 5.41) is 7.10. The molecule has 8 heteroatoms. The fraction of sp³-hybridized carbons (Fsp3) is 0.389. The largest absolute Gasteiger partial charge is 0.346 e. The predicted molar refractivity (Wildman–Crippen MR) is 98.7 cm³/mol. The smallest absolute Gasteiger partial charge is 0.244 e. The van der Waals surface area contributed by atoms with E-state index in [1.165, 1.54) is 6.07 Å². The third-order valence-electron chi connectivity index (χ3n) is 4.78. The van der Waals surface area contributed by atoms with Gasteiger partial charge in [-0.2, -0.15) is 4.98 Å². The van der Waals surface area contributed by atoms with Crippen molar-refractivity contribution in [1.82, 2.24) is 20.0 Å². The summed E-state index contributed by atoms with van der Waals surface area (Å²) < 4.78 is 19.2. The van der Waals surface area contributed by atoms with E-state index in [4.69, 9.17) is 4.52 Å². The Kier molecular flexibility index (Phi) is 4.69. The molecule has 0 N–H and O–H groups in total. The van der Waals surface area contributed by atoms with E-state index in [0.717, 1.165) is 31.3 Å². The summed E-state index contributed by atoms with van der Waals surface area (Å²) in [4.78, 5) is 13.5. The summed E-state index contributed by atoms with van der Waals surface area (Å²) in [6, 6.07) is 5.00. The molecule has 1 fully saturated rings. The molecule has 1 unspecified atom stereocenters. The second-order valence-electron chi connectivity index (χ2n) is 6.43. The maximum atomic E-state index is 13.8. The van der Waals surface area contributed by atoms with Crippen molar-refractivity contribution >= 4 is 16.5 Å². The lowest BCUT2D eigenvalue weighted by atomic mass is 10.1. The maximum absolute atomic E-state index is 13.8. The normalized spacial score (nSPS) is 16.8. The lowest BCUT2D eigenvalue weighted by molar-refractivity contribution is 0.164. The second-order valence-corrected chi connectivity index (χ2v) is 7.31. The number of hydrogen-bond donors (Lipinski definition) is 0. The lowest BCUT2D eigenvalue weighted by Crippen LogP contribution is -2.47. The third kappa shape index (κ3) is 3.34. The van der Waals surface area contributed by atoms with Crippen LogP contribution in [0.3, 0.4) is 0 Å². The maximum Gasteiger partial charge on any atom is 0.244 e. The molecule has 1 aromatic carbocycles. The van der Waals surface area contributed by atoms with Gasteiger partial charge >= 0.3 is 0 Å². The summed E-state index contributed by atoms with van der Waals surface area (Å²) in [6.07, 6.45) is 1.84. The summed E-state index contributed by atoms with van der Waals surface area (Å²) in [6.45, 7) is 7.43. The zero-order valence-corrected chi connectivity index (χ0v) is 15.5. The van der Waals surface area contributed by atoms with E-state index in [1.807, 2.05) is 17.6 Å². The van der Waals surface area contributed by atoms with Crippen molar-refractivity contribution in [3.05, 3.63) is 47.0 Å². The van der Waals surface area contributed by atoms with E-state index in [1.54, 1.807) is 24.3 Å². The fourth-order valence-corrected chi connectivity index (χ4v) is 3.78. The number of aromatic nitrogens is 3. The first-order valence-electron chi connectivity index (χ1n) is 8.60. The summed E-state index contributed by atoms with van der Waals surface area (Å²) in [5.74, 6) is 0.719. The summed E-state index contributed by atoms with van der Waals surface area (Å²) in [7, 11) is 0. The highest BCUT2D eigenvalue weighted by atomic mass is 32.1. The Morgan fingerprint density at radius 2 is 2.04 bits per heavy atom. The highest BCUT2D eigenvalue weighted by molar-refractivity contribution is 7.13. The van der Waals surface area contributed by atoms with E-state index in [2.05, 4.69) is 31.8 Å². The number of nitrogens with zero attached hydrogens (tertiary/aromatic N) is 5. The summed E-state index contributed by atoms with van der Waals surface area (Å²) >= 11 is 1.66.